The first kappa shape index (κ1) is 26.4. The number of nitrogens with zero attached hydrogens (tertiary/aromatic N) is 2. The van der Waals surface area contributed by atoms with Gasteiger partial charge in [0.2, 0.25) is 0 Å². The molecule has 194 valence electrons. The fraction of sp³-hybridized carbons (Fsp3) is 0.214. The molecule has 9 nitrogen and oxygen atoms in total. The van der Waals surface area contributed by atoms with E-state index in [9.17, 15) is 19.6 Å². The summed E-state index contributed by atoms with van der Waals surface area (Å²) in [7, 11) is 2.39. The molecule has 0 radical (unpaired) electrons. The zero-order valence-corrected chi connectivity index (χ0v) is 22.0. The minimum absolute atomic E-state index is 0.0349. The largest absolute Gasteiger partial charge is 0.466 e. The van der Waals surface area contributed by atoms with Crippen molar-refractivity contribution in [3.05, 3.63) is 87.2 Å². The summed E-state index contributed by atoms with van der Waals surface area (Å²) in [6, 6.07) is 16.1. The molecule has 0 saturated heterocycles. The molecule has 38 heavy (non-hydrogen) atoms. The number of fused-ring (bicyclic) bond motifs is 1. The number of nitriles is 1. The van der Waals surface area contributed by atoms with Crippen LogP contribution in [0, 0.1) is 18.3 Å². The summed E-state index contributed by atoms with van der Waals surface area (Å²) in [6.07, 6.45) is 0. The summed E-state index contributed by atoms with van der Waals surface area (Å²) in [6.45, 7) is 3.78. The van der Waals surface area contributed by atoms with Crippen molar-refractivity contribution in [3.8, 4) is 6.07 Å². The van der Waals surface area contributed by atoms with Crippen molar-refractivity contribution in [3.63, 3.8) is 0 Å². The predicted octanol–water partition coefficient (Wildman–Crippen LogP) is 4.28. The highest BCUT2D eigenvalue weighted by atomic mass is 32.1. The number of rotatable bonds is 6. The van der Waals surface area contributed by atoms with Crippen LogP contribution in [-0.4, -0.2) is 38.7 Å². The number of carbonyl (C=O) groups excluding carboxylic acids is 3. The number of hydrogen-bond donors (Lipinski definition) is 1. The Kier molecular flexibility index (Phi) is 7.50. The summed E-state index contributed by atoms with van der Waals surface area (Å²) < 4.78 is 16.1. The Morgan fingerprint density at radius 3 is 2.34 bits per heavy atom. The number of methoxy groups -OCH3 is 2. The van der Waals surface area contributed by atoms with Crippen molar-refractivity contribution in [1.29, 1.82) is 5.26 Å². The Bertz CT molecular complexity index is 1550. The minimum atomic E-state index is -0.957. The fourth-order valence-corrected chi connectivity index (χ4v) is 5.60. The van der Waals surface area contributed by atoms with Crippen LogP contribution in [0.4, 0.5) is 5.69 Å². The van der Waals surface area contributed by atoms with Gasteiger partial charge in [-0.05, 0) is 48.6 Å². The smallest absolute Gasteiger partial charge is 0.355 e. The van der Waals surface area contributed by atoms with Gasteiger partial charge in [-0.2, -0.15) is 5.26 Å². The van der Waals surface area contributed by atoms with Crippen LogP contribution in [-0.2, 0) is 23.8 Å². The first-order chi connectivity index (χ1) is 18.3. The van der Waals surface area contributed by atoms with Gasteiger partial charge in [-0.25, -0.2) is 14.4 Å². The maximum absolute atomic E-state index is 13.2. The standard InChI is InChI=1S/C28H25N3O6S/c1-5-37-28(34)24-15(2)18-13-17(11-12-20(18)38-24)31-23(27(33)36-4)22(26(32)35-3)21(19(14-29)25(31)30)16-9-7-6-8-10-16/h6-13,21H,5,30H2,1-4H3. The number of anilines is 1. The zero-order chi connectivity index (χ0) is 27.6. The molecular weight excluding hydrogens is 506 g/mol. The molecule has 0 fully saturated rings. The molecular formula is C28H25N3O6S. The van der Waals surface area contributed by atoms with E-state index in [-0.39, 0.29) is 29.3 Å². The number of carbonyl (C=O) groups is 3. The van der Waals surface area contributed by atoms with Crippen molar-refractivity contribution in [1.82, 2.24) is 0 Å². The first-order valence-corrected chi connectivity index (χ1v) is 12.5. The lowest BCUT2D eigenvalue weighted by Crippen LogP contribution is -2.40. The number of hydrogen-bond acceptors (Lipinski definition) is 10. The van der Waals surface area contributed by atoms with E-state index in [0.717, 1.165) is 10.1 Å². The minimum Gasteiger partial charge on any atom is -0.466 e. The van der Waals surface area contributed by atoms with Gasteiger partial charge in [0, 0.05) is 10.4 Å². The van der Waals surface area contributed by atoms with E-state index in [0.29, 0.717) is 21.7 Å². The molecule has 0 saturated carbocycles. The van der Waals surface area contributed by atoms with Crippen LogP contribution < -0.4 is 10.6 Å². The second kappa shape index (κ2) is 10.8. The van der Waals surface area contributed by atoms with E-state index in [2.05, 4.69) is 6.07 Å². The molecule has 0 aliphatic carbocycles. The molecule has 2 heterocycles. The second-order valence-corrected chi connectivity index (χ2v) is 9.34. The third-order valence-electron chi connectivity index (χ3n) is 6.25. The maximum atomic E-state index is 13.2. The summed E-state index contributed by atoms with van der Waals surface area (Å²) in [5.74, 6) is -3.05. The van der Waals surface area contributed by atoms with Crippen LogP contribution in [0.1, 0.15) is 33.6 Å². The molecule has 3 aromatic rings. The number of benzene rings is 2. The molecule has 1 aliphatic heterocycles. The number of thiophene rings is 1. The van der Waals surface area contributed by atoms with Crippen LogP contribution >= 0.6 is 11.3 Å². The molecule has 0 amide bonds. The van der Waals surface area contributed by atoms with E-state index in [1.54, 1.807) is 62.4 Å². The van der Waals surface area contributed by atoms with Gasteiger partial charge >= 0.3 is 17.9 Å². The van der Waals surface area contributed by atoms with Gasteiger partial charge in [0.05, 0.1) is 44.0 Å². The predicted molar refractivity (Wildman–Crippen MR) is 142 cm³/mol. The van der Waals surface area contributed by atoms with E-state index in [4.69, 9.17) is 19.9 Å². The lowest BCUT2D eigenvalue weighted by molar-refractivity contribution is -0.139. The quantitative estimate of drug-likeness (QED) is 0.365. The zero-order valence-electron chi connectivity index (χ0n) is 21.2. The summed E-state index contributed by atoms with van der Waals surface area (Å²) in [5, 5.41) is 10.9. The number of ether oxygens (including phenoxy) is 3. The third kappa shape index (κ3) is 4.37. The molecule has 1 aliphatic rings. The number of nitrogens with two attached hydrogens (primary N) is 1. The molecule has 1 unspecified atom stereocenters. The van der Waals surface area contributed by atoms with Crippen LogP contribution in [0.2, 0.25) is 0 Å². The maximum Gasteiger partial charge on any atom is 0.355 e. The van der Waals surface area contributed by atoms with E-state index in [1.807, 2.05) is 0 Å². The van der Waals surface area contributed by atoms with Gasteiger partial charge in [-0.3, -0.25) is 4.90 Å². The summed E-state index contributed by atoms with van der Waals surface area (Å²) >= 11 is 1.29. The van der Waals surface area contributed by atoms with Crippen molar-refractivity contribution < 1.29 is 28.6 Å². The Hall–Kier alpha value is -4.62. The van der Waals surface area contributed by atoms with Gasteiger partial charge in [-0.1, -0.05) is 30.3 Å². The average Bonchev–Trinajstić information content (AvgIpc) is 3.27. The van der Waals surface area contributed by atoms with Crippen LogP contribution in [0.3, 0.4) is 0 Å². The highest BCUT2D eigenvalue weighted by Gasteiger charge is 2.43. The summed E-state index contributed by atoms with van der Waals surface area (Å²) in [4.78, 5) is 40.7. The van der Waals surface area contributed by atoms with Crippen molar-refractivity contribution in [2.75, 3.05) is 25.7 Å². The second-order valence-electron chi connectivity index (χ2n) is 8.29. The summed E-state index contributed by atoms with van der Waals surface area (Å²) in [5.41, 5.74) is 8.07. The first-order valence-electron chi connectivity index (χ1n) is 11.6. The van der Waals surface area contributed by atoms with E-state index < -0.39 is 23.8 Å². The average molecular weight is 532 g/mol. The van der Waals surface area contributed by atoms with Crippen LogP contribution in [0.5, 0.6) is 0 Å². The Labute approximate surface area is 223 Å². The third-order valence-corrected chi connectivity index (χ3v) is 7.50. The topological polar surface area (TPSA) is 132 Å². The van der Waals surface area contributed by atoms with Crippen LogP contribution in [0.25, 0.3) is 10.1 Å². The van der Waals surface area contributed by atoms with Gasteiger partial charge in [0.25, 0.3) is 0 Å². The van der Waals surface area contributed by atoms with Gasteiger partial charge in [0.1, 0.15) is 16.4 Å². The van der Waals surface area contributed by atoms with Gasteiger partial charge < -0.3 is 19.9 Å². The van der Waals surface area contributed by atoms with E-state index in [1.165, 1.54) is 30.5 Å². The highest BCUT2D eigenvalue weighted by molar-refractivity contribution is 7.21. The van der Waals surface area contributed by atoms with Crippen LogP contribution in [0.15, 0.2) is 71.2 Å². The molecule has 2 aromatic carbocycles. The lowest BCUT2D eigenvalue weighted by Gasteiger charge is -2.36. The monoisotopic (exact) mass is 531 g/mol. The molecule has 1 atom stereocenters. The molecule has 0 bridgehead atoms. The number of aryl methyl sites for hydroxylation is 1. The highest BCUT2D eigenvalue weighted by Crippen LogP contribution is 2.44. The van der Waals surface area contributed by atoms with E-state index >= 15 is 0 Å². The normalized spacial score (nSPS) is 15.3. The number of allylic oxidation sites excluding steroid dienone is 1. The SMILES string of the molecule is CCOC(=O)c1sc2ccc(N3C(N)=C(C#N)C(c4ccccc4)C(C(=O)OC)=C3C(=O)OC)cc2c1C. The van der Waals surface area contributed by atoms with Gasteiger partial charge in [0.15, 0.2) is 0 Å². The molecule has 2 N–H and O–H groups in total. The number of esters is 3. The Morgan fingerprint density at radius 2 is 1.74 bits per heavy atom. The van der Waals surface area contributed by atoms with Gasteiger partial charge in [-0.15, -0.1) is 11.3 Å². The van der Waals surface area contributed by atoms with Crippen molar-refractivity contribution in [2.24, 2.45) is 5.73 Å². The molecule has 10 heteroatoms. The molecule has 4 rings (SSSR count). The van der Waals surface area contributed by atoms with Crippen molar-refractivity contribution >= 4 is 45.0 Å². The lowest BCUT2D eigenvalue weighted by atomic mass is 9.81. The molecule has 0 spiro atoms. The Morgan fingerprint density at radius 1 is 1.05 bits per heavy atom. The molecule has 1 aromatic heterocycles. The fourth-order valence-electron chi connectivity index (χ4n) is 4.52. The van der Waals surface area contributed by atoms with Crippen molar-refractivity contribution in [2.45, 2.75) is 19.8 Å². The Balaban J connectivity index is 2.02.